The largest absolute Gasteiger partial charge is 0.469 e. The third-order valence-corrected chi connectivity index (χ3v) is 12.6. The summed E-state index contributed by atoms with van der Waals surface area (Å²) in [6.45, 7) is 12.7. The summed E-state index contributed by atoms with van der Waals surface area (Å²) in [5.74, 6) is -0.904. The van der Waals surface area contributed by atoms with E-state index in [4.69, 9.17) is 13.3 Å². The van der Waals surface area contributed by atoms with E-state index in [-0.39, 0.29) is 39.8 Å². The van der Waals surface area contributed by atoms with Crippen LogP contribution in [0.2, 0.25) is 18.1 Å². The molecule has 0 spiro atoms. The van der Waals surface area contributed by atoms with E-state index in [9.17, 15) is 13.2 Å². The molecule has 2 aliphatic rings. The van der Waals surface area contributed by atoms with Crippen LogP contribution in [0, 0.1) is 24.7 Å². The van der Waals surface area contributed by atoms with Gasteiger partial charge in [-0.05, 0) is 37.2 Å². The predicted molar refractivity (Wildman–Crippen MR) is 112 cm³/mol. The van der Waals surface area contributed by atoms with E-state index in [0.717, 1.165) is 5.56 Å². The Kier molecular flexibility index (Phi) is 5.79. The molecule has 0 unspecified atom stereocenters. The van der Waals surface area contributed by atoms with Crippen molar-refractivity contribution in [2.24, 2.45) is 17.8 Å². The Labute approximate surface area is 175 Å². The van der Waals surface area contributed by atoms with E-state index in [2.05, 4.69) is 33.9 Å². The quantitative estimate of drug-likeness (QED) is 0.379. The fraction of sp³-hybridized carbons (Fsp3) is 0.667. The van der Waals surface area contributed by atoms with Crippen molar-refractivity contribution in [2.75, 3.05) is 7.11 Å². The fourth-order valence-corrected chi connectivity index (χ4v) is 6.50. The second kappa shape index (κ2) is 7.48. The molecule has 3 rings (SSSR count). The van der Waals surface area contributed by atoms with Crippen molar-refractivity contribution in [3.8, 4) is 0 Å². The highest BCUT2D eigenvalue weighted by atomic mass is 32.2. The Bertz CT molecular complexity index is 871. The van der Waals surface area contributed by atoms with Crippen LogP contribution in [-0.4, -0.2) is 42.0 Å². The molecule has 162 valence electrons. The van der Waals surface area contributed by atoms with E-state index < -0.39 is 24.5 Å². The molecule has 0 N–H and O–H groups in total. The summed E-state index contributed by atoms with van der Waals surface area (Å²) in [5.41, 5.74) is 0.973. The second-order valence-corrected chi connectivity index (χ2v) is 16.1. The van der Waals surface area contributed by atoms with Gasteiger partial charge in [0.15, 0.2) is 8.32 Å². The van der Waals surface area contributed by atoms with Crippen LogP contribution in [0.1, 0.15) is 32.8 Å². The summed E-state index contributed by atoms with van der Waals surface area (Å²) in [5, 5.41) is 0.0189. The minimum absolute atomic E-state index is 0.0189. The minimum atomic E-state index is -3.91. The van der Waals surface area contributed by atoms with Crippen LogP contribution in [0.5, 0.6) is 0 Å². The Morgan fingerprint density at radius 3 is 2.14 bits per heavy atom. The monoisotopic (exact) mass is 440 g/mol. The number of esters is 1. The molecule has 6 nitrogen and oxygen atoms in total. The topological polar surface area (TPSA) is 78.9 Å². The molecule has 2 aliphatic carbocycles. The van der Waals surface area contributed by atoms with Crippen LogP contribution < -0.4 is 0 Å². The summed E-state index contributed by atoms with van der Waals surface area (Å²) < 4.78 is 42.7. The lowest BCUT2D eigenvalue weighted by molar-refractivity contribution is -0.144. The first-order chi connectivity index (χ1) is 13.3. The maximum Gasteiger partial charge on any atom is 0.309 e. The maximum atomic E-state index is 12.8. The van der Waals surface area contributed by atoms with Crippen molar-refractivity contribution in [2.45, 2.75) is 69.4 Å². The zero-order valence-corrected chi connectivity index (χ0v) is 20.1. The number of carbonyl (C=O) groups excluding carboxylic acids is 1. The lowest BCUT2D eigenvalue weighted by Gasteiger charge is -2.39. The molecule has 0 heterocycles. The molecule has 8 heteroatoms. The van der Waals surface area contributed by atoms with Crippen molar-refractivity contribution in [3.05, 3.63) is 29.8 Å². The Morgan fingerprint density at radius 2 is 1.62 bits per heavy atom. The maximum absolute atomic E-state index is 12.8. The Balaban J connectivity index is 1.81. The molecule has 2 fully saturated rings. The van der Waals surface area contributed by atoms with E-state index in [1.165, 1.54) is 7.11 Å². The van der Waals surface area contributed by atoms with Crippen molar-refractivity contribution >= 4 is 24.4 Å². The van der Waals surface area contributed by atoms with Crippen LogP contribution >= 0.6 is 0 Å². The molecule has 1 aromatic carbocycles. The molecule has 0 bridgehead atoms. The van der Waals surface area contributed by atoms with Gasteiger partial charge in [-0.2, -0.15) is 8.42 Å². The van der Waals surface area contributed by atoms with Gasteiger partial charge in [-0.25, -0.2) is 0 Å². The predicted octanol–water partition coefficient (Wildman–Crippen LogP) is 3.90. The lowest BCUT2D eigenvalue weighted by Crippen LogP contribution is -2.44. The van der Waals surface area contributed by atoms with Crippen LogP contribution in [0.25, 0.3) is 0 Å². The van der Waals surface area contributed by atoms with Crippen LogP contribution in [0.3, 0.4) is 0 Å². The van der Waals surface area contributed by atoms with Crippen LogP contribution in [0.4, 0.5) is 0 Å². The lowest BCUT2D eigenvalue weighted by atomic mass is 10.1. The zero-order chi connectivity index (χ0) is 21.8. The Hall–Kier alpha value is -1.22. The first kappa shape index (κ1) is 22.5. The van der Waals surface area contributed by atoms with Gasteiger partial charge in [-0.15, -0.1) is 0 Å². The van der Waals surface area contributed by atoms with Gasteiger partial charge in [0.25, 0.3) is 10.1 Å². The highest BCUT2D eigenvalue weighted by molar-refractivity contribution is 7.86. The fourth-order valence-electron chi connectivity index (χ4n) is 4.02. The highest BCUT2D eigenvalue weighted by Crippen LogP contribution is 2.61. The second-order valence-electron chi connectivity index (χ2n) is 9.76. The molecule has 0 amide bonds. The summed E-state index contributed by atoms with van der Waals surface area (Å²) >= 11 is 0. The number of rotatable bonds is 6. The smallest absolute Gasteiger partial charge is 0.309 e. The van der Waals surface area contributed by atoms with Crippen LogP contribution in [0.15, 0.2) is 29.2 Å². The summed E-state index contributed by atoms with van der Waals surface area (Å²) in [4.78, 5) is 12.4. The van der Waals surface area contributed by atoms with E-state index >= 15 is 0 Å². The van der Waals surface area contributed by atoms with Crippen molar-refractivity contribution in [3.63, 3.8) is 0 Å². The van der Waals surface area contributed by atoms with Gasteiger partial charge in [-0.3, -0.25) is 8.98 Å². The average molecular weight is 441 g/mol. The van der Waals surface area contributed by atoms with Crippen molar-refractivity contribution in [1.82, 2.24) is 0 Å². The molecule has 2 saturated carbocycles. The number of carbonyl (C=O) groups is 1. The highest BCUT2D eigenvalue weighted by Gasteiger charge is 2.69. The van der Waals surface area contributed by atoms with Crippen LogP contribution in [-0.2, 0) is 28.3 Å². The third kappa shape index (κ3) is 4.31. The molecule has 29 heavy (non-hydrogen) atoms. The molecular formula is C21H32O6SSi. The molecular weight excluding hydrogens is 408 g/mol. The number of ether oxygens (including phenoxy) is 1. The van der Waals surface area contributed by atoms with Gasteiger partial charge in [-0.1, -0.05) is 38.5 Å². The third-order valence-electron chi connectivity index (χ3n) is 6.74. The molecule has 0 aromatic heterocycles. The average Bonchev–Trinajstić information content (AvgIpc) is 3.26. The zero-order valence-electron chi connectivity index (χ0n) is 18.3. The number of hydrogen-bond donors (Lipinski definition) is 0. The standard InChI is InChI=1S/C21H32O6SSi/c1-13-8-10-14(11-9-13)28(23,24)26-15-12-16(27-29(6,7)21(2,3)4)18-17(15)19(18)20(22)25-5/h8-11,15-19H,12H2,1-7H3/t15-,16-,17-,18+,19+/m1/s1. The van der Waals surface area contributed by atoms with E-state index in [1.807, 2.05) is 6.92 Å². The SMILES string of the molecule is COC(=O)[C@@H]1[C@@H]2[C@H]1[C@H](OS(=O)(=O)c1ccc(C)cc1)C[C@H]2O[Si](C)(C)C(C)(C)C. The normalized spacial score (nSPS) is 29.4. The van der Waals surface area contributed by atoms with E-state index in [0.29, 0.717) is 6.42 Å². The van der Waals surface area contributed by atoms with Gasteiger partial charge in [0.1, 0.15) is 0 Å². The molecule has 0 radical (unpaired) electrons. The first-order valence-corrected chi connectivity index (χ1v) is 14.4. The van der Waals surface area contributed by atoms with Gasteiger partial charge in [0.05, 0.1) is 30.1 Å². The first-order valence-electron chi connectivity index (χ1n) is 10.0. The van der Waals surface area contributed by atoms with Crippen molar-refractivity contribution in [1.29, 1.82) is 0 Å². The minimum Gasteiger partial charge on any atom is -0.469 e. The van der Waals surface area contributed by atoms with E-state index in [1.54, 1.807) is 24.3 Å². The molecule has 0 aliphatic heterocycles. The number of methoxy groups -OCH3 is 1. The number of benzene rings is 1. The van der Waals surface area contributed by atoms with Gasteiger partial charge >= 0.3 is 5.97 Å². The summed E-state index contributed by atoms with van der Waals surface area (Å²) in [6.07, 6.45) is -0.297. The molecule has 0 saturated heterocycles. The Morgan fingerprint density at radius 1 is 1.07 bits per heavy atom. The van der Waals surface area contributed by atoms with Crippen molar-refractivity contribution < 1.29 is 26.6 Å². The van der Waals surface area contributed by atoms with Gasteiger partial charge in [0.2, 0.25) is 0 Å². The number of fused-ring (bicyclic) bond motifs is 1. The number of aryl methyl sites for hydroxylation is 1. The molecule has 1 aromatic rings. The number of hydrogen-bond acceptors (Lipinski definition) is 6. The molecule has 5 atom stereocenters. The summed E-state index contributed by atoms with van der Waals surface area (Å²) in [7, 11) is -4.63. The summed E-state index contributed by atoms with van der Waals surface area (Å²) in [6, 6.07) is 6.58. The van der Waals surface area contributed by atoms with Gasteiger partial charge < -0.3 is 9.16 Å². The van der Waals surface area contributed by atoms with Gasteiger partial charge in [0, 0.05) is 18.3 Å².